The molecule has 0 spiro atoms. The molecular weight excluding hydrogens is 372 g/mol. The highest BCUT2D eigenvalue weighted by Crippen LogP contribution is 2.66. The van der Waals surface area contributed by atoms with Crippen molar-refractivity contribution in [3.05, 3.63) is 11.8 Å². The molecule has 8 atom stereocenters. The van der Waals surface area contributed by atoms with E-state index in [1.165, 1.54) is 44.9 Å². The maximum atomic E-state index is 12.8. The number of aliphatic hydroxyl groups excluding tert-OH is 1. The fraction of sp³-hybridized carbons (Fsp3) is 0.889. The Hall–Kier alpha value is -0.830. The van der Waals surface area contributed by atoms with Gasteiger partial charge in [-0.15, -0.1) is 0 Å². The van der Waals surface area contributed by atoms with Crippen LogP contribution in [0.4, 0.5) is 0 Å². The number of esters is 1. The summed E-state index contributed by atoms with van der Waals surface area (Å²) in [5.41, 5.74) is 0.288. The van der Waals surface area contributed by atoms with Gasteiger partial charge in [0, 0.05) is 11.8 Å². The highest BCUT2D eigenvalue weighted by Gasteiger charge is 2.60. The SMILES string of the molecule is CC(C)CCC[C@@H](C)[C@H]1CC[C@H]2[C@@H]3CC(=O)OC4=C[C@@H](O)CC[C@]4(C)[C@H]3CC[C@]12C. The molecule has 3 fully saturated rings. The van der Waals surface area contributed by atoms with E-state index in [1.807, 2.05) is 6.08 Å². The number of hydrogen-bond donors (Lipinski definition) is 1. The third kappa shape index (κ3) is 3.78. The maximum Gasteiger partial charge on any atom is 0.311 e. The molecule has 1 N–H and O–H groups in total. The van der Waals surface area contributed by atoms with Crippen LogP contribution in [0.25, 0.3) is 0 Å². The van der Waals surface area contributed by atoms with E-state index < -0.39 is 6.10 Å². The molecule has 0 aromatic heterocycles. The van der Waals surface area contributed by atoms with Gasteiger partial charge in [0.15, 0.2) is 0 Å². The maximum absolute atomic E-state index is 12.8. The summed E-state index contributed by atoms with van der Waals surface area (Å²) in [7, 11) is 0. The topological polar surface area (TPSA) is 46.5 Å². The molecule has 0 bridgehead atoms. The highest BCUT2D eigenvalue weighted by molar-refractivity contribution is 5.72. The lowest BCUT2D eigenvalue weighted by atomic mass is 9.50. The van der Waals surface area contributed by atoms with Crippen LogP contribution in [-0.2, 0) is 9.53 Å². The molecular formula is C27H44O3. The summed E-state index contributed by atoms with van der Waals surface area (Å²) in [6, 6.07) is 0. The van der Waals surface area contributed by atoms with Gasteiger partial charge < -0.3 is 9.84 Å². The minimum atomic E-state index is -0.464. The number of ether oxygens (including phenoxy) is 1. The number of carbonyl (C=O) groups excluding carboxylic acids is 1. The third-order valence-electron chi connectivity index (χ3n) is 9.95. The van der Waals surface area contributed by atoms with Crippen molar-refractivity contribution in [1.29, 1.82) is 0 Å². The van der Waals surface area contributed by atoms with E-state index in [9.17, 15) is 9.90 Å². The van der Waals surface area contributed by atoms with Gasteiger partial charge in [-0.3, -0.25) is 4.79 Å². The molecule has 170 valence electrons. The Morgan fingerprint density at radius 1 is 1.07 bits per heavy atom. The average molecular weight is 417 g/mol. The van der Waals surface area contributed by atoms with Crippen LogP contribution in [0.2, 0.25) is 0 Å². The van der Waals surface area contributed by atoms with E-state index in [2.05, 4.69) is 34.6 Å². The molecule has 0 aromatic rings. The quantitative estimate of drug-likeness (QED) is 0.520. The standard InChI is InChI=1S/C27H44O3/c1-17(2)7-6-8-18(3)21-9-10-22-20-16-25(29)30-24-15-19(28)11-13-27(24,5)23(20)12-14-26(21,22)4/h15,17-23,28H,6-14,16H2,1-5H3/t18-,19+,20+,21-,22+,23+,26-,27-/m1/s1. The van der Waals surface area contributed by atoms with E-state index in [-0.39, 0.29) is 11.4 Å². The molecule has 30 heavy (non-hydrogen) atoms. The second kappa shape index (κ2) is 8.26. The number of fused-ring (bicyclic) bond motifs is 5. The number of hydrogen-bond acceptors (Lipinski definition) is 3. The monoisotopic (exact) mass is 416 g/mol. The second-order valence-electron chi connectivity index (χ2n) is 12.1. The number of carbonyl (C=O) groups is 1. The summed E-state index contributed by atoms with van der Waals surface area (Å²) >= 11 is 0. The fourth-order valence-corrected chi connectivity index (χ4v) is 8.28. The molecule has 4 aliphatic rings. The minimum Gasteiger partial charge on any atom is -0.431 e. The first-order chi connectivity index (χ1) is 14.1. The van der Waals surface area contributed by atoms with Crippen LogP contribution in [0, 0.1) is 46.3 Å². The minimum absolute atomic E-state index is 0.0632. The molecule has 0 radical (unpaired) electrons. The van der Waals surface area contributed by atoms with Gasteiger partial charge >= 0.3 is 5.97 Å². The van der Waals surface area contributed by atoms with Crippen molar-refractivity contribution in [3.63, 3.8) is 0 Å². The van der Waals surface area contributed by atoms with Gasteiger partial charge in [-0.05, 0) is 85.5 Å². The first-order valence-corrected chi connectivity index (χ1v) is 12.8. The van der Waals surface area contributed by atoms with Crippen molar-refractivity contribution in [2.75, 3.05) is 0 Å². The summed E-state index contributed by atoms with van der Waals surface area (Å²) in [6.07, 6.45) is 12.8. The Morgan fingerprint density at radius 2 is 1.83 bits per heavy atom. The predicted octanol–water partition coefficient (Wildman–Crippen LogP) is 6.50. The zero-order valence-electron chi connectivity index (χ0n) is 20.0. The zero-order chi connectivity index (χ0) is 21.7. The molecule has 1 heterocycles. The number of allylic oxidation sites excluding steroid dienone is 1. The lowest BCUT2D eigenvalue weighted by Crippen LogP contribution is -2.48. The predicted molar refractivity (Wildman–Crippen MR) is 121 cm³/mol. The van der Waals surface area contributed by atoms with E-state index >= 15 is 0 Å². The van der Waals surface area contributed by atoms with Gasteiger partial charge in [-0.1, -0.05) is 53.9 Å². The summed E-state index contributed by atoms with van der Waals surface area (Å²) < 4.78 is 5.87. The van der Waals surface area contributed by atoms with Crippen LogP contribution >= 0.6 is 0 Å². The molecule has 1 aliphatic heterocycles. The lowest BCUT2D eigenvalue weighted by molar-refractivity contribution is -0.141. The first kappa shape index (κ1) is 22.4. The van der Waals surface area contributed by atoms with Crippen LogP contribution < -0.4 is 0 Å². The van der Waals surface area contributed by atoms with Gasteiger partial charge in [-0.2, -0.15) is 0 Å². The first-order valence-electron chi connectivity index (χ1n) is 12.8. The fourth-order valence-electron chi connectivity index (χ4n) is 8.28. The molecule has 3 heteroatoms. The van der Waals surface area contributed by atoms with Gasteiger partial charge in [0.1, 0.15) is 5.76 Å². The van der Waals surface area contributed by atoms with Gasteiger partial charge in [0.2, 0.25) is 0 Å². The molecule has 3 aliphatic carbocycles. The van der Waals surface area contributed by atoms with Crippen LogP contribution in [0.3, 0.4) is 0 Å². The van der Waals surface area contributed by atoms with Gasteiger partial charge in [-0.25, -0.2) is 0 Å². The Balaban J connectivity index is 1.56. The second-order valence-corrected chi connectivity index (χ2v) is 12.1. The van der Waals surface area contributed by atoms with E-state index in [4.69, 9.17) is 4.74 Å². The number of rotatable bonds is 5. The molecule has 3 nitrogen and oxygen atoms in total. The number of aliphatic hydroxyl groups is 1. The lowest BCUT2D eigenvalue weighted by Gasteiger charge is -2.54. The molecule has 1 saturated heterocycles. The van der Waals surface area contributed by atoms with Crippen LogP contribution in [0.1, 0.15) is 98.8 Å². The van der Waals surface area contributed by atoms with Gasteiger partial charge in [0.25, 0.3) is 0 Å². The Bertz CT molecular complexity index is 682. The molecule has 0 unspecified atom stereocenters. The molecule has 0 aromatic carbocycles. The van der Waals surface area contributed by atoms with Crippen molar-refractivity contribution in [2.24, 2.45) is 46.3 Å². The van der Waals surface area contributed by atoms with E-state index in [0.29, 0.717) is 29.6 Å². The van der Waals surface area contributed by atoms with Crippen molar-refractivity contribution in [2.45, 2.75) is 105 Å². The van der Waals surface area contributed by atoms with Crippen LogP contribution in [-0.4, -0.2) is 17.2 Å². The summed E-state index contributed by atoms with van der Waals surface area (Å²) in [5, 5.41) is 10.2. The Morgan fingerprint density at radius 3 is 2.57 bits per heavy atom. The van der Waals surface area contributed by atoms with Crippen LogP contribution in [0.15, 0.2) is 11.8 Å². The highest BCUT2D eigenvalue weighted by atomic mass is 16.5. The van der Waals surface area contributed by atoms with Gasteiger partial charge in [0.05, 0.1) is 6.10 Å². The van der Waals surface area contributed by atoms with E-state index in [1.54, 1.807) is 0 Å². The average Bonchev–Trinajstić information content (AvgIpc) is 2.97. The van der Waals surface area contributed by atoms with Crippen molar-refractivity contribution in [1.82, 2.24) is 0 Å². The van der Waals surface area contributed by atoms with Crippen molar-refractivity contribution >= 4 is 5.97 Å². The Kier molecular flexibility index (Phi) is 6.16. The Labute approximate surface area is 184 Å². The third-order valence-corrected chi connectivity index (χ3v) is 9.95. The largest absolute Gasteiger partial charge is 0.431 e. The summed E-state index contributed by atoms with van der Waals surface area (Å²) in [4.78, 5) is 12.8. The zero-order valence-corrected chi connectivity index (χ0v) is 20.0. The van der Waals surface area contributed by atoms with Crippen molar-refractivity contribution in [3.8, 4) is 0 Å². The molecule has 0 amide bonds. The van der Waals surface area contributed by atoms with Crippen LogP contribution in [0.5, 0.6) is 0 Å². The normalized spacial score (nSPS) is 44.4. The summed E-state index contributed by atoms with van der Waals surface area (Å²) in [5.74, 6) is 4.68. The van der Waals surface area contributed by atoms with E-state index in [0.717, 1.165) is 36.4 Å². The molecule has 4 rings (SSSR count). The molecule has 2 saturated carbocycles. The summed E-state index contributed by atoms with van der Waals surface area (Å²) in [6.45, 7) is 12.0. The van der Waals surface area contributed by atoms with Crippen molar-refractivity contribution < 1.29 is 14.6 Å². The smallest absolute Gasteiger partial charge is 0.311 e.